The van der Waals surface area contributed by atoms with Gasteiger partial charge in [-0.3, -0.25) is 9.63 Å². The van der Waals surface area contributed by atoms with Crippen molar-refractivity contribution in [3.05, 3.63) is 0 Å². The highest BCUT2D eigenvalue weighted by molar-refractivity contribution is 5.80. The number of carbonyl (C=O) groups is 1. The van der Waals surface area contributed by atoms with Gasteiger partial charge in [0.15, 0.2) is 6.10 Å². The topological polar surface area (TPSA) is 86.7 Å². The number of ether oxygens (including phenoxy) is 4. The molecule has 0 bridgehead atoms. The fourth-order valence-corrected chi connectivity index (χ4v) is 2.31. The maximum absolute atomic E-state index is 12.3. The molecule has 8 heteroatoms. The third kappa shape index (κ3) is 4.35. The van der Waals surface area contributed by atoms with Crippen LogP contribution in [0.1, 0.15) is 6.92 Å². The van der Waals surface area contributed by atoms with Gasteiger partial charge in [0.05, 0.1) is 19.8 Å². The van der Waals surface area contributed by atoms with Gasteiger partial charge in [0, 0.05) is 27.2 Å². The van der Waals surface area contributed by atoms with Gasteiger partial charge in [0.2, 0.25) is 0 Å². The fraction of sp³-hybridized carbons (Fsp3) is 0.923. The normalized spacial score (nSPS) is 33.0. The van der Waals surface area contributed by atoms with Gasteiger partial charge in [-0.1, -0.05) is 6.92 Å². The molecular formula is C13H25NO7. The molecule has 5 atom stereocenters. The first-order valence-corrected chi connectivity index (χ1v) is 6.72. The number of aliphatic hydroxyl groups is 1. The van der Waals surface area contributed by atoms with Crippen LogP contribution in [0.4, 0.5) is 0 Å². The molecule has 0 spiro atoms. The lowest BCUT2D eigenvalue weighted by molar-refractivity contribution is -0.247. The van der Waals surface area contributed by atoms with Crippen molar-refractivity contribution in [3.8, 4) is 0 Å². The molecule has 1 saturated heterocycles. The monoisotopic (exact) mass is 307 g/mol. The number of hydrogen-bond donors (Lipinski definition) is 1. The molecule has 124 valence electrons. The highest BCUT2D eigenvalue weighted by atomic mass is 16.7. The van der Waals surface area contributed by atoms with Crippen LogP contribution in [-0.4, -0.2) is 82.3 Å². The average molecular weight is 307 g/mol. The van der Waals surface area contributed by atoms with Crippen LogP contribution in [0.25, 0.3) is 0 Å². The highest BCUT2D eigenvalue weighted by Gasteiger charge is 2.47. The second kappa shape index (κ2) is 8.62. The van der Waals surface area contributed by atoms with Gasteiger partial charge in [-0.2, -0.15) is 0 Å². The first-order chi connectivity index (χ1) is 9.97. The molecule has 0 aromatic heterocycles. The first kappa shape index (κ1) is 18.3. The SMILES string of the molecule is COCOC1C(C)[C@@H](O)C(COC)O[C@H]1C(=O)N(C)OC. The molecule has 1 aliphatic heterocycles. The summed E-state index contributed by atoms with van der Waals surface area (Å²) >= 11 is 0. The summed E-state index contributed by atoms with van der Waals surface area (Å²) in [5.41, 5.74) is 0. The number of aliphatic hydroxyl groups excluding tert-OH is 1. The summed E-state index contributed by atoms with van der Waals surface area (Å²) in [6, 6.07) is 0. The molecule has 1 heterocycles. The number of nitrogens with zero attached hydrogens (tertiary/aromatic N) is 1. The summed E-state index contributed by atoms with van der Waals surface area (Å²) in [5.74, 6) is -0.716. The van der Waals surface area contributed by atoms with Gasteiger partial charge >= 0.3 is 0 Å². The summed E-state index contributed by atoms with van der Waals surface area (Å²) in [6.45, 7) is 1.98. The Bertz CT molecular complexity index is 328. The Labute approximate surface area is 124 Å². The van der Waals surface area contributed by atoms with Crippen LogP contribution >= 0.6 is 0 Å². The quantitative estimate of drug-likeness (QED) is 0.497. The molecule has 0 aromatic carbocycles. The number of carbonyl (C=O) groups excluding carboxylic acids is 1. The first-order valence-electron chi connectivity index (χ1n) is 6.72. The number of rotatable bonds is 7. The van der Waals surface area contributed by atoms with Crippen LogP contribution in [-0.2, 0) is 28.6 Å². The molecule has 0 saturated carbocycles. The third-order valence-corrected chi connectivity index (χ3v) is 3.59. The summed E-state index contributed by atoms with van der Waals surface area (Å²) in [5, 5.41) is 11.3. The lowest BCUT2D eigenvalue weighted by Gasteiger charge is -2.43. The van der Waals surface area contributed by atoms with E-state index in [0.717, 1.165) is 5.06 Å². The predicted octanol–water partition coefficient (Wildman–Crippen LogP) is -0.594. The van der Waals surface area contributed by atoms with E-state index in [2.05, 4.69) is 0 Å². The van der Waals surface area contributed by atoms with Gasteiger partial charge in [0.25, 0.3) is 5.91 Å². The zero-order chi connectivity index (χ0) is 16.0. The van der Waals surface area contributed by atoms with Crippen molar-refractivity contribution in [3.63, 3.8) is 0 Å². The molecule has 1 amide bonds. The van der Waals surface area contributed by atoms with Crippen molar-refractivity contribution >= 4 is 5.91 Å². The van der Waals surface area contributed by atoms with Gasteiger partial charge < -0.3 is 24.1 Å². The van der Waals surface area contributed by atoms with Crippen molar-refractivity contribution in [2.24, 2.45) is 5.92 Å². The Balaban J connectivity index is 2.92. The summed E-state index contributed by atoms with van der Waals surface area (Å²) in [6.07, 6.45) is -2.95. The number of likely N-dealkylation sites (N-methyl/N-ethyl adjacent to an activating group) is 1. The summed E-state index contributed by atoms with van der Waals surface area (Å²) in [4.78, 5) is 17.2. The van der Waals surface area contributed by atoms with Crippen molar-refractivity contribution in [1.82, 2.24) is 5.06 Å². The minimum absolute atomic E-state index is 0.000504. The number of hydrogen-bond acceptors (Lipinski definition) is 7. The highest BCUT2D eigenvalue weighted by Crippen LogP contribution is 2.29. The Hall–Kier alpha value is -0.770. The molecule has 0 aromatic rings. The van der Waals surface area contributed by atoms with E-state index in [1.54, 1.807) is 6.92 Å². The minimum Gasteiger partial charge on any atom is -0.390 e. The fourth-order valence-electron chi connectivity index (χ4n) is 2.31. The minimum atomic E-state index is -0.899. The summed E-state index contributed by atoms with van der Waals surface area (Å²) < 4.78 is 21.1. The van der Waals surface area contributed by atoms with Crippen LogP contribution in [0.3, 0.4) is 0 Å². The molecular weight excluding hydrogens is 282 g/mol. The third-order valence-electron chi connectivity index (χ3n) is 3.59. The van der Waals surface area contributed by atoms with Crippen molar-refractivity contribution < 1.29 is 33.7 Å². The molecule has 21 heavy (non-hydrogen) atoms. The van der Waals surface area contributed by atoms with E-state index < -0.39 is 30.3 Å². The van der Waals surface area contributed by atoms with Crippen LogP contribution in [0.5, 0.6) is 0 Å². The molecule has 0 aliphatic carbocycles. The van der Waals surface area contributed by atoms with Crippen LogP contribution < -0.4 is 0 Å². The van der Waals surface area contributed by atoms with Gasteiger partial charge in [-0.05, 0) is 0 Å². The molecule has 3 unspecified atom stereocenters. The molecule has 1 aliphatic rings. The van der Waals surface area contributed by atoms with E-state index in [1.807, 2.05) is 0 Å². The van der Waals surface area contributed by atoms with E-state index >= 15 is 0 Å². The van der Waals surface area contributed by atoms with E-state index in [4.69, 9.17) is 23.8 Å². The second-order valence-corrected chi connectivity index (χ2v) is 4.96. The van der Waals surface area contributed by atoms with Gasteiger partial charge in [0.1, 0.15) is 19.0 Å². The van der Waals surface area contributed by atoms with E-state index in [-0.39, 0.29) is 19.3 Å². The van der Waals surface area contributed by atoms with Crippen molar-refractivity contribution in [1.29, 1.82) is 0 Å². The smallest absolute Gasteiger partial charge is 0.277 e. The van der Waals surface area contributed by atoms with Crippen LogP contribution in [0, 0.1) is 5.92 Å². The Morgan fingerprint density at radius 1 is 1.29 bits per heavy atom. The van der Waals surface area contributed by atoms with Gasteiger partial charge in [-0.15, -0.1) is 0 Å². The Kier molecular flexibility index (Phi) is 7.50. The van der Waals surface area contributed by atoms with E-state index in [9.17, 15) is 9.90 Å². The number of methoxy groups -OCH3 is 2. The molecule has 1 fully saturated rings. The predicted molar refractivity (Wildman–Crippen MR) is 72.2 cm³/mol. The number of hydroxylamine groups is 2. The van der Waals surface area contributed by atoms with E-state index in [1.165, 1.54) is 28.4 Å². The molecule has 1 rings (SSSR count). The van der Waals surface area contributed by atoms with Crippen molar-refractivity contribution in [2.75, 3.05) is 41.8 Å². The standard InChI is InChI=1S/C13H25NO7/c1-8-10(15)9(6-17-3)21-12(11(8)20-7-18-4)13(16)14(2)19-5/h8-12,15H,6-7H2,1-5H3/t8?,9?,10-,11?,12-/m1/s1. The average Bonchev–Trinajstić information content (AvgIpc) is 2.49. The molecule has 0 radical (unpaired) electrons. The zero-order valence-corrected chi connectivity index (χ0v) is 13.1. The van der Waals surface area contributed by atoms with Crippen LogP contribution in [0.15, 0.2) is 0 Å². The van der Waals surface area contributed by atoms with Gasteiger partial charge in [-0.25, -0.2) is 5.06 Å². The van der Waals surface area contributed by atoms with Crippen molar-refractivity contribution in [2.45, 2.75) is 31.3 Å². The maximum atomic E-state index is 12.3. The summed E-state index contributed by atoms with van der Waals surface area (Å²) in [7, 11) is 5.86. The zero-order valence-electron chi connectivity index (χ0n) is 13.1. The molecule has 8 nitrogen and oxygen atoms in total. The Morgan fingerprint density at radius 2 is 1.95 bits per heavy atom. The maximum Gasteiger partial charge on any atom is 0.277 e. The lowest BCUT2D eigenvalue weighted by Crippen LogP contribution is -2.60. The Morgan fingerprint density at radius 3 is 2.48 bits per heavy atom. The largest absolute Gasteiger partial charge is 0.390 e. The molecule has 1 N–H and O–H groups in total. The lowest BCUT2D eigenvalue weighted by atomic mass is 9.87. The van der Waals surface area contributed by atoms with Crippen LogP contribution in [0.2, 0.25) is 0 Å². The van der Waals surface area contributed by atoms with E-state index in [0.29, 0.717) is 0 Å². The second-order valence-electron chi connectivity index (χ2n) is 4.96. The number of amides is 1.